The Morgan fingerprint density at radius 1 is 0.844 bits per heavy atom. The molecule has 1 aromatic carbocycles. The van der Waals surface area contributed by atoms with Crippen molar-refractivity contribution in [2.45, 2.75) is 102 Å². The van der Waals surface area contributed by atoms with Gasteiger partial charge in [-0.05, 0) is 32.4 Å². The first-order valence-electron chi connectivity index (χ1n) is 14.6. The number of hydrogen-bond acceptors (Lipinski definition) is 13. The van der Waals surface area contributed by atoms with Gasteiger partial charge in [0.15, 0.2) is 11.7 Å². The molecule has 2 N–H and O–H groups in total. The maximum absolute atomic E-state index is 13.4. The minimum atomic E-state index is -2.22. The van der Waals surface area contributed by atoms with E-state index >= 15 is 0 Å². The molecule has 0 amide bonds. The van der Waals surface area contributed by atoms with Gasteiger partial charge in [0.2, 0.25) is 0 Å². The van der Waals surface area contributed by atoms with E-state index in [0.717, 1.165) is 33.8 Å². The zero-order valence-electron chi connectivity index (χ0n) is 26.3. The Bertz CT molecular complexity index is 1370. The van der Waals surface area contributed by atoms with Crippen LogP contribution in [0.1, 0.15) is 60.5 Å². The van der Waals surface area contributed by atoms with Crippen LogP contribution in [-0.4, -0.2) is 94.0 Å². The molecule has 246 valence electrons. The smallest absolute Gasteiger partial charge is 0.331 e. The number of aliphatic hydroxyl groups is 2. The normalized spacial score (nSPS) is 36.4. The molecule has 45 heavy (non-hydrogen) atoms. The van der Waals surface area contributed by atoms with Gasteiger partial charge in [0.1, 0.15) is 30.3 Å². The molecule has 1 saturated heterocycles. The van der Waals surface area contributed by atoms with E-state index in [1.807, 2.05) is 0 Å². The standard InChI is InChI=1S/C32H40O13/c1-17(33)40-16-31-26(44-23(38)14-13-21-11-9-8-10-12-21)22(37)15-30(7,39)32(31)27(42-19(3)35)24(29(5,6)45-32)25(41-18(2)34)28(31)43-20(4)36/h8-14,22,24-28,37,39H,15-16H2,1-7H3/t22-,24+,25-,26-,27+,28+,30-,31-,32-/m0/s1. The Morgan fingerprint density at radius 2 is 1.42 bits per heavy atom. The van der Waals surface area contributed by atoms with Crippen LogP contribution in [0.3, 0.4) is 0 Å². The average Bonchev–Trinajstić information content (AvgIpc) is 3.11. The maximum atomic E-state index is 13.4. The molecule has 13 heteroatoms. The molecule has 3 aliphatic rings. The number of esters is 5. The highest BCUT2D eigenvalue weighted by Crippen LogP contribution is 2.69. The van der Waals surface area contributed by atoms with E-state index in [0.29, 0.717) is 5.56 Å². The van der Waals surface area contributed by atoms with Crippen LogP contribution in [-0.2, 0) is 52.4 Å². The second-order valence-electron chi connectivity index (χ2n) is 12.6. The molecular formula is C32H40O13. The Morgan fingerprint density at radius 3 is 1.98 bits per heavy atom. The fraction of sp³-hybridized carbons (Fsp3) is 0.594. The first-order chi connectivity index (χ1) is 20.9. The highest BCUT2D eigenvalue weighted by molar-refractivity contribution is 5.87. The summed E-state index contributed by atoms with van der Waals surface area (Å²) in [6, 6.07) is 8.82. The summed E-state index contributed by atoms with van der Waals surface area (Å²) in [6.45, 7) is 8.20. The molecular weight excluding hydrogens is 592 g/mol. The number of rotatable bonds is 8. The summed E-state index contributed by atoms with van der Waals surface area (Å²) in [5.74, 6) is -5.29. The van der Waals surface area contributed by atoms with E-state index in [-0.39, 0.29) is 0 Å². The summed E-state index contributed by atoms with van der Waals surface area (Å²) >= 11 is 0. The van der Waals surface area contributed by atoms with Crippen molar-refractivity contribution < 1.29 is 62.6 Å². The van der Waals surface area contributed by atoms with Crippen molar-refractivity contribution in [1.82, 2.24) is 0 Å². The summed E-state index contributed by atoms with van der Waals surface area (Å²) in [5.41, 5.74) is -7.20. The summed E-state index contributed by atoms with van der Waals surface area (Å²) in [6.07, 6.45) is -5.86. The zero-order chi connectivity index (χ0) is 33.5. The molecule has 13 nitrogen and oxygen atoms in total. The van der Waals surface area contributed by atoms with Gasteiger partial charge < -0.3 is 38.6 Å². The van der Waals surface area contributed by atoms with Crippen LogP contribution >= 0.6 is 0 Å². The molecule has 3 fully saturated rings. The fourth-order valence-electron chi connectivity index (χ4n) is 7.66. The number of benzene rings is 1. The SMILES string of the molecule is CC(=O)OC[C@]12[C@H](OC(C)=O)[C@@H](OC(C)=O)[C@@H]3[C@@H](OC(C)=O)[C@]1(OC3(C)C)[C@@](C)(O)C[C@H](O)[C@@H]2OC(=O)C=Cc1ccccc1. The van der Waals surface area contributed by atoms with Crippen molar-refractivity contribution in [2.24, 2.45) is 11.3 Å². The number of aliphatic hydroxyl groups excluding tert-OH is 1. The third-order valence-corrected chi connectivity index (χ3v) is 8.93. The van der Waals surface area contributed by atoms with Gasteiger partial charge in [-0.25, -0.2) is 4.79 Å². The van der Waals surface area contributed by atoms with Crippen LogP contribution in [0.25, 0.3) is 6.08 Å². The average molecular weight is 633 g/mol. The lowest BCUT2D eigenvalue weighted by Gasteiger charge is -2.66. The van der Waals surface area contributed by atoms with Crippen LogP contribution in [0, 0.1) is 11.3 Å². The van der Waals surface area contributed by atoms with Crippen molar-refractivity contribution in [3.63, 3.8) is 0 Å². The molecule has 2 saturated carbocycles. The van der Waals surface area contributed by atoms with Crippen molar-refractivity contribution in [3.05, 3.63) is 42.0 Å². The molecule has 0 radical (unpaired) electrons. The van der Waals surface area contributed by atoms with Crippen LogP contribution in [0.2, 0.25) is 0 Å². The van der Waals surface area contributed by atoms with Crippen molar-refractivity contribution in [1.29, 1.82) is 0 Å². The van der Waals surface area contributed by atoms with Crippen LogP contribution < -0.4 is 0 Å². The molecule has 9 atom stereocenters. The quantitative estimate of drug-likeness (QED) is 0.240. The maximum Gasteiger partial charge on any atom is 0.331 e. The monoisotopic (exact) mass is 632 g/mol. The lowest BCUT2D eigenvalue weighted by molar-refractivity contribution is -0.364. The highest BCUT2D eigenvalue weighted by Gasteiger charge is 2.88. The first-order valence-corrected chi connectivity index (χ1v) is 14.6. The number of hydrogen-bond donors (Lipinski definition) is 2. The molecule has 0 unspecified atom stereocenters. The van der Waals surface area contributed by atoms with E-state index in [1.54, 1.807) is 44.2 Å². The second kappa shape index (κ2) is 12.2. The lowest BCUT2D eigenvalue weighted by atomic mass is 9.45. The van der Waals surface area contributed by atoms with E-state index in [4.69, 9.17) is 28.4 Å². The predicted octanol–water partition coefficient (Wildman–Crippen LogP) is 1.65. The molecule has 0 aromatic heterocycles. The van der Waals surface area contributed by atoms with Gasteiger partial charge in [-0.3, -0.25) is 19.2 Å². The van der Waals surface area contributed by atoms with Gasteiger partial charge in [-0.2, -0.15) is 0 Å². The zero-order valence-corrected chi connectivity index (χ0v) is 26.3. The van der Waals surface area contributed by atoms with Gasteiger partial charge >= 0.3 is 29.8 Å². The summed E-state index contributed by atoms with van der Waals surface area (Å²) in [7, 11) is 0. The van der Waals surface area contributed by atoms with Gasteiger partial charge in [-0.1, -0.05) is 30.3 Å². The first kappa shape index (κ1) is 34.1. The highest BCUT2D eigenvalue weighted by atomic mass is 16.6. The number of carbonyl (C=O) groups excluding carboxylic acids is 5. The van der Waals surface area contributed by atoms with Crippen molar-refractivity contribution in [3.8, 4) is 0 Å². The number of carbonyl (C=O) groups is 5. The number of ether oxygens (including phenoxy) is 6. The molecule has 1 heterocycles. The van der Waals surface area contributed by atoms with E-state index in [2.05, 4.69) is 0 Å². The molecule has 2 aliphatic carbocycles. The van der Waals surface area contributed by atoms with Gasteiger partial charge in [-0.15, -0.1) is 0 Å². The Labute approximate surface area is 260 Å². The van der Waals surface area contributed by atoms with Crippen LogP contribution in [0.15, 0.2) is 36.4 Å². The predicted molar refractivity (Wildman–Crippen MR) is 154 cm³/mol. The van der Waals surface area contributed by atoms with Crippen molar-refractivity contribution in [2.75, 3.05) is 6.61 Å². The van der Waals surface area contributed by atoms with Crippen LogP contribution in [0.5, 0.6) is 0 Å². The molecule has 1 aliphatic heterocycles. The molecule has 4 rings (SSSR count). The number of fused-ring (bicyclic) bond motifs is 1. The topological polar surface area (TPSA) is 181 Å². The molecule has 2 bridgehead atoms. The Hall–Kier alpha value is -3.81. The molecule has 1 aromatic rings. The summed E-state index contributed by atoms with van der Waals surface area (Å²) in [5, 5.41) is 23.9. The Kier molecular flexibility index (Phi) is 9.22. The van der Waals surface area contributed by atoms with E-state index in [9.17, 15) is 34.2 Å². The third kappa shape index (κ3) is 5.84. The van der Waals surface area contributed by atoms with Gasteiger partial charge in [0.25, 0.3) is 0 Å². The minimum Gasteiger partial charge on any atom is -0.465 e. The third-order valence-electron chi connectivity index (χ3n) is 8.93. The second-order valence-corrected chi connectivity index (χ2v) is 12.6. The van der Waals surface area contributed by atoms with Gasteiger partial charge in [0, 0.05) is 40.2 Å². The fourth-order valence-corrected chi connectivity index (χ4v) is 7.66. The minimum absolute atomic E-state index is 0.471. The summed E-state index contributed by atoms with van der Waals surface area (Å²) < 4.78 is 35.7. The molecule has 1 spiro atoms. The largest absolute Gasteiger partial charge is 0.465 e. The van der Waals surface area contributed by atoms with Crippen LogP contribution in [0.4, 0.5) is 0 Å². The Balaban J connectivity index is 2.04. The van der Waals surface area contributed by atoms with E-state index in [1.165, 1.54) is 13.0 Å². The lowest BCUT2D eigenvalue weighted by Crippen LogP contribution is -2.85. The summed E-state index contributed by atoms with van der Waals surface area (Å²) in [4.78, 5) is 63.7. The van der Waals surface area contributed by atoms with Crippen molar-refractivity contribution >= 4 is 35.9 Å². The van der Waals surface area contributed by atoms with Gasteiger partial charge in [0.05, 0.1) is 23.2 Å². The van der Waals surface area contributed by atoms with E-state index < -0.39 is 102 Å².